The van der Waals surface area contributed by atoms with Crippen LogP contribution >= 0.6 is 0 Å². The van der Waals surface area contributed by atoms with Gasteiger partial charge in [-0.2, -0.15) is 0 Å². The number of rotatable bonds is 2. The maximum Gasteiger partial charge on any atom is 0.115 e. The fourth-order valence-electron chi connectivity index (χ4n) is 2.76. The molecule has 2 aliphatic rings. The summed E-state index contributed by atoms with van der Waals surface area (Å²) in [5, 5.41) is 67.9. The van der Waals surface area contributed by atoms with Crippen molar-refractivity contribution < 1.29 is 45.2 Å². The van der Waals surface area contributed by atoms with Crippen molar-refractivity contribution >= 4 is 0 Å². The molecule has 2 heterocycles. The maximum absolute atomic E-state index is 9.98. The molecule has 0 aromatic rings. The summed E-state index contributed by atoms with van der Waals surface area (Å²) in [7, 11) is 0. The molecule has 2 fully saturated rings. The molecular formula is C12H22O9. The highest BCUT2D eigenvalue weighted by molar-refractivity contribution is 5.01. The van der Waals surface area contributed by atoms with Gasteiger partial charge in [0.2, 0.25) is 0 Å². The summed E-state index contributed by atoms with van der Waals surface area (Å²) in [6, 6.07) is 0. The van der Waals surface area contributed by atoms with Crippen LogP contribution in [-0.4, -0.2) is 103 Å². The lowest BCUT2D eigenvalue weighted by molar-refractivity contribution is -0.297. The minimum absolute atomic E-state index is 0.606. The third-order valence-corrected chi connectivity index (χ3v) is 4.14. The lowest BCUT2D eigenvalue weighted by Crippen LogP contribution is -2.68. The van der Waals surface area contributed by atoms with E-state index in [1.54, 1.807) is 0 Å². The highest BCUT2D eigenvalue weighted by Crippen LogP contribution is 2.31. The second-order valence-electron chi connectivity index (χ2n) is 5.57. The van der Waals surface area contributed by atoms with Crippen LogP contribution in [0.1, 0.15) is 6.92 Å². The zero-order valence-corrected chi connectivity index (χ0v) is 11.4. The molecule has 2 aliphatic heterocycles. The first kappa shape index (κ1) is 17.0. The van der Waals surface area contributed by atoms with Crippen LogP contribution in [0, 0.1) is 0 Å². The third kappa shape index (κ3) is 2.93. The Kier molecular flexibility index (Phi) is 5.19. The van der Waals surface area contributed by atoms with E-state index in [0.29, 0.717) is 0 Å². The van der Waals surface area contributed by atoms with Crippen molar-refractivity contribution in [2.75, 3.05) is 6.61 Å². The molecule has 9 nitrogen and oxygen atoms in total. The quantitative estimate of drug-likeness (QED) is 0.268. The van der Waals surface area contributed by atoms with E-state index >= 15 is 0 Å². The molecule has 0 radical (unpaired) electrons. The molecule has 0 spiro atoms. The van der Waals surface area contributed by atoms with Crippen LogP contribution in [0.3, 0.4) is 0 Å². The predicted octanol–water partition coefficient (Wildman–Crippen LogP) is -4.30. The monoisotopic (exact) mass is 310 g/mol. The average Bonchev–Trinajstić information content (AvgIpc) is 2.47. The Bertz CT molecular complexity index is 352. The van der Waals surface area contributed by atoms with Crippen LogP contribution in [0.4, 0.5) is 0 Å². The van der Waals surface area contributed by atoms with Crippen LogP contribution in [-0.2, 0) is 9.47 Å². The Hall–Kier alpha value is -0.360. The molecule has 0 aromatic heterocycles. The molecule has 0 saturated carbocycles. The Morgan fingerprint density at radius 2 is 1.14 bits per heavy atom. The Morgan fingerprint density at radius 3 is 1.67 bits per heavy atom. The molecule has 2 saturated heterocycles. The third-order valence-electron chi connectivity index (χ3n) is 4.14. The molecule has 0 aromatic carbocycles. The van der Waals surface area contributed by atoms with E-state index in [1.807, 2.05) is 0 Å². The maximum atomic E-state index is 9.98. The summed E-state index contributed by atoms with van der Waals surface area (Å²) in [5.74, 6) is 0. The van der Waals surface area contributed by atoms with Gasteiger partial charge in [-0.1, -0.05) is 0 Å². The van der Waals surface area contributed by atoms with Crippen molar-refractivity contribution in [3.8, 4) is 0 Å². The van der Waals surface area contributed by atoms with Gasteiger partial charge in [0, 0.05) is 0 Å². The zero-order chi connectivity index (χ0) is 15.9. The van der Waals surface area contributed by atoms with E-state index in [-0.39, 0.29) is 0 Å². The van der Waals surface area contributed by atoms with Gasteiger partial charge >= 0.3 is 0 Å². The molecule has 7 N–H and O–H groups in total. The molecule has 0 aliphatic carbocycles. The number of hydrogen-bond acceptors (Lipinski definition) is 9. The summed E-state index contributed by atoms with van der Waals surface area (Å²) >= 11 is 0. The molecule has 21 heavy (non-hydrogen) atoms. The molecule has 9 heteroatoms. The van der Waals surface area contributed by atoms with E-state index in [9.17, 15) is 30.6 Å². The van der Waals surface area contributed by atoms with Crippen molar-refractivity contribution in [3.05, 3.63) is 0 Å². The van der Waals surface area contributed by atoms with Crippen molar-refractivity contribution in [2.45, 2.75) is 68.0 Å². The van der Waals surface area contributed by atoms with Gasteiger partial charge in [0.25, 0.3) is 0 Å². The summed E-state index contributed by atoms with van der Waals surface area (Å²) in [4.78, 5) is 0. The van der Waals surface area contributed by atoms with Crippen LogP contribution in [0.25, 0.3) is 0 Å². The smallest absolute Gasteiger partial charge is 0.115 e. The van der Waals surface area contributed by atoms with Gasteiger partial charge in [0.05, 0.1) is 12.7 Å². The Balaban J connectivity index is 2.19. The first-order valence-corrected chi connectivity index (χ1v) is 6.79. The zero-order valence-electron chi connectivity index (χ0n) is 11.4. The van der Waals surface area contributed by atoms with Gasteiger partial charge in [0.15, 0.2) is 0 Å². The molecule has 124 valence electrons. The summed E-state index contributed by atoms with van der Waals surface area (Å²) in [5.41, 5.74) is 0. The fourth-order valence-corrected chi connectivity index (χ4v) is 2.76. The second-order valence-corrected chi connectivity index (χ2v) is 5.57. The van der Waals surface area contributed by atoms with Gasteiger partial charge < -0.3 is 45.2 Å². The van der Waals surface area contributed by atoms with Gasteiger partial charge in [-0.3, -0.25) is 0 Å². The highest BCUT2D eigenvalue weighted by atomic mass is 16.6. The second kappa shape index (κ2) is 6.41. The van der Waals surface area contributed by atoms with E-state index in [0.717, 1.165) is 0 Å². The molecule has 0 amide bonds. The van der Waals surface area contributed by atoms with Crippen molar-refractivity contribution in [1.29, 1.82) is 0 Å². The van der Waals surface area contributed by atoms with Crippen LogP contribution in [0.2, 0.25) is 0 Å². The lowest BCUT2D eigenvalue weighted by Gasteiger charge is -2.48. The summed E-state index contributed by atoms with van der Waals surface area (Å²) in [6.45, 7) is 0.863. The van der Waals surface area contributed by atoms with Gasteiger partial charge in [-0.05, 0) is 6.92 Å². The van der Waals surface area contributed by atoms with Gasteiger partial charge in [-0.15, -0.1) is 0 Å². The van der Waals surface area contributed by atoms with E-state index < -0.39 is 67.6 Å². The summed E-state index contributed by atoms with van der Waals surface area (Å²) < 4.78 is 10.6. The fraction of sp³-hybridized carbons (Fsp3) is 1.00. The first-order chi connectivity index (χ1) is 9.79. The van der Waals surface area contributed by atoms with E-state index in [2.05, 4.69) is 0 Å². The van der Waals surface area contributed by atoms with Crippen molar-refractivity contribution in [1.82, 2.24) is 0 Å². The average molecular weight is 310 g/mol. The Morgan fingerprint density at radius 1 is 0.667 bits per heavy atom. The first-order valence-electron chi connectivity index (χ1n) is 6.79. The van der Waals surface area contributed by atoms with Crippen LogP contribution < -0.4 is 0 Å². The number of aliphatic hydroxyl groups is 7. The molecule has 2 unspecified atom stereocenters. The number of hydrogen-bond donors (Lipinski definition) is 7. The number of aliphatic hydroxyl groups excluding tert-OH is 7. The predicted molar refractivity (Wildman–Crippen MR) is 66.1 cm³/mol. The van der Waals surface area contributed by atoms with Gasteiger partial charge in [-0.25, -0.2) is 0 Å². The van der Waals surface area contributed by atoms with Gasteiger partial charge in [0.1, 0.15) is 54.9 Å². The largest absolute Gasteiger partial charge is 0.394 e. The molecular weight excluding hydrogens is 288 g/mol. The standard InChI is InChI=1S/C12H22O9/c1-3-5(14)7(16)9(18)11(20-3)12-10(19)8(17)6(15)4(2-13)21-12/h3-19H,2H2,1H3/t3-,4-,5-,6-,7+,8+,9+,10-,11?,12?/m1/s1. The molecule has 2 rings (SSSR count). The van der Waals surface area contributed by atoms with Crippen LogP contribution in [0.15, 0.2) is 0 Å². The summed E-state index contributed by atoms with van der Waals surface area (Å²) in [6.07, 6.45) is -13.6. The molecule has 10 atom stereocenters. The Labute approximate surface area is 121 Å². The van der Waals surface area contributed by atoms with E-state index in [4.69, 9.17) is 14.6 Å². The molecule has 0 bridgehead atoms. The SMILES string of the molecule is C[C@H]1OC(C2O[C@H](CO)[C@@H](O)[C@H](O)[C@H]2O)[C@@H](O)[C@@H](O)[C@@H]1O. The lowest BCUT2D eigenvalue weighted by atomic mass is 9.86. The van der Waals surface area contributed by atoms with Crippen molar-refractivity contribution in [3.63, 3.8) is 0 Å². The van der Waals surface area contributed by atoms with Crippen molar-refractivity contribution in [2.24, 2.45) is 0 Å². The topological polar surface area (TPSA) is 160 Å². The van der Waals surface area contributed by atoms with Crippen LogP contribution in [0.5, 0.6) is 0 Å². The normalized spacial score (nSPS) is 55.4. The minimum Gasteiger partial charge on any atom is -0.394 e. The highest BCUT2D eigenvalue weighted by Gasteiger charge is 2.53. The number of ether oxygens (including phenoxy) is 2. The minimum atomic E-state index is -1.60. The van der Waals surface area contributed by atoms with E-state index in [1.165, 1.54) is 6.92 Å².